The highest BCUT2D eigenvalue weighted by atomic mass is 35.5. The van der Waals surface area contributed by atoms with E-state index in [1.54, 1.807) is 48.5 Å². The Labute approximate surface area is 161 Å². The van der Waals surface area contributed by atoms with Gasteiger partial charge in [-0.3, -0.25) is 9.69 Å². The summed E-state index contributed by atoms with van der Waals surface area (Å²) in [6, 6.07) is 12.1. The number of esters is 1. The van der Waals surface area contributed by atoms with E-state index in [0.29, 0.717) is 21.8 Å². The average Bonchev–Trinajstić information content (AvgIpc) is 2.89. The molecule has 0 radical (unpaired) electrons. The first kappa shape index (κ1) is 18.1. The average molecular weight is 387 g/mol. The molecule has 7 heteroatoms. The second-order valence-corrected chi connectivity index (χ2v) is 6.46. The largest absolute Gasteiger partial charge is 0.465 e. The fraction of sp³-hybridized carbons (Fsp3) is 0.105. The normalized spacial score (nSPS) is 15.3. The van der Waals surface area contributed by atoms with Crippen LogP contribution in [0.1, 0.15) is 21.5 Å². The molecular formula is C19H15ClN2O3S. The number of benzene rings is 2. The van der Waals surface area contributed by atoms with Crippen LogP contribution in [0.4, 0.5) is 5.69 Å². The topological polar surface area (TPSA) is 58.6 Å². The van der Waals surface area contributed by atoms with Gasteiger partial charge in [0.05, 0.1) is 18.4 Å². The van der Waals surface area contributed by atoms with Crippen molar-refractivity contribution in [1.29, 1.82) is 0 Å². The summed E-state index contributed by atoms with van der Waals surface area (Å²) in [7, 11) is 1.31. The van der Waals surface area contributed by atoms with Crippen LogP contribution in [-0.4, -0.2) is 24.1 Å². The van der Waals surface area contributed by atoms with Crippen molar-refractivity contribution in [2.45, 2.75) is 6.92 Å². The number of methoxy groups -OCH3 is 1. The van der Waals surface area contributed by atoms with Crippen LogP contribution in [0.15, 0.2) is 48.2 Å². The van der Waals surface area contributed by atoms with Crippen LogP contribution >= 0.6 is 23.8 Å². The second kappa shape index (κ2) is 7.27. The molecule has 1 aliphatic heterocycles. The Balaban J connectivity index is 2.00. The lowest BCUT2D eigenvalue weighted by Gasteiger charge is -2.16. The molecular weight excluding hydrogens is 372 g/mol. The number of rotatable bonds is 3. The fourth-order valence-corrected chi connectivity index (χ4v) is 3.22. The van der Waals surface area contributed by atoms with Gasteiger partial charge in [0.25, 0.3) is 5.91 Å². The van der Waals surface area contributed by atoms with Crippen molar-refractivity contribution in [1.82, 2.24) is 5.32 Å². The lowest BCUT2D eigenvalue weighted by atomic mass is 10.1. The van der Waals surface area contributed by atoms with Gasteiger partial charge in [0, 0.05) is 5.02 Å². The van der Waals surface area contributed by atoms with E-state index in [1.165, 1.54) is 12.0 Å². The van der Waals surface area contributed by atoms with Crippen LogP contribution in [0.3, 0.4) is 0 Å². The molecule has 0 atom stereocenters. The Morgan fingerprint density at radius 1 is 1.27 bits per heavy atom. The van der Waals surface area contributed by atoms with Gasteiger partial charge in [-0.1, -0.05) is 29.8 Å². The molecule has 1 saturated heterocycles. The third kappa shape index (κ3) is 3.34. The number of thiocarbonyl (C=S) groups is 1. The molecule has 5 nitrogen and oxygen atoms in total. The third-order valence-electron chi connectivity index (χ3n) is 3.94. The van der Waals surface area contributed by atoms with Crippen molar-refractivity contribution in [3.05, 3.63) is 69.9 Å². The summed E-state index contributed by atoms with van der Waals surface area (Å²) in [4.78, 5) is 26.2. The van der Waals surface area contributed by atoms with Gasteiger partial charge < -0.3 is 10.1 Å². The summed E-state index contributed by atoms with van der Waals surface area (Å²) >= 11 is 11.3. The van der Waals surface area contributed by atoms with Crippen molar-refractivity contribution in [3.8, 4) is 0 Å². The maximum Gasteiger partial charge on any atom is 0.338 e. The molecule has 1 aliphatic rings. The zero-order valence-corrected chi connectivity index (χ0v) is 15.6. The predicted octanol–water partition coefficient (Wildman–Crippen LogP) is 3.70. The fourth-order valence-electron chi connectivity index (χ4n) is 2.70. The Bertz CT molecular complexity index is 956. The summed E-state index contributed by atoms with van der Waals surface area (Å²) in [5.74, 6) is -0.782. The molecule has 3 rings (SSSR count). The number of hydrogen-bond acceptors (Lipinski definition) is 4. The molecule has 0 spiro atoms. The minimum Gasteiger partial charge on any atom is -0.465 e. The molecule has 0 unspecified atom stereocenters. The van der Waals surface area contributed by atoms with E-state index in [-0.39, 0.29) is 16.7 Å². The molecule has 26 heavy (non-hydrogen) atoms. The predicted molar refractivity (Wildman–Crippen MR) is 105 cm³/mol. The monoisotopic (exact) mass is 386 g/mol. The first-order valence-electron chi connectivity index (χ1n) is 7.73. The van der Waals surface area contributed by atoms with Crippen LogP contribution in [0.2, 0.25) is 5.02 Å². The van der Waals surface area contributed by atoms with E-state index in [0.717, 1.165) is 5.56 Å². The highest BCUT2D eigenvalue weighted by Crippen LogP contribution is 2.28. The third-order valence-corrected chi connectivity index (χ3v) is 4.46. The number of aryl methyl sites for hydroxylation is 1. The van der Waals surface area contributed by atoms with Crippen LogP contribution in [-0.2, 0) is 9.53 Å². The zero-order valence-electron chi connectivity index (χ0n) is 14.1. The minimum atomic E-state index is -0.476. The SMILES string of the molecule is COC(=O)c1ccccc1/C=C1\NC(=S)N(c2ccc(Cl)cc2C)C1=O. The molecule has 1 N–H and O–H groups in total. The summed E-state index contributed by atoms with van der Waals surface area (Å²) in [6.07, 6.45) is 1.59. The van der Waals surface area contributed by atoms with Gasteiger partial charge in [-0.15, -0.1) is 0 Å². The molecule has 0 aliphatic carbocycles. The van der Waals surface area contributed by atoms with Gasteiger partial charge in [0.2, 0.25) is 0 Å². The number of anilines is 1. The summed E-state index contributed by atoms with van der Waals surface area (Å²) in [5, 5.41) is 3.76. The van der Waals surface area contributed by atoms with E-state index in [9.17, 15) is 9.59 Å². The number of nitrogens with one attached hydrogen (secondary N) is 1. The van der Waals surface area contributed by atoms with Crippen LogP contribution < -0.4 is 10.2 Å². The van der Waals surface area contributed by atoms with E-state index in [1.807, 2.05) is 6.92 Å². The van der Waals surface area contributed by atoms with E-state index < -0.39 is 5.97 Å². The lowest BCUT2D eigenvalue weighted by molar-refractivity contribution is -0.113. The quantitative estimate of drug-likeness (QED) is 0.495. The van der Waals surface area contributed by atoms with Gasteiger partial charge in [-0.25, -0.2) is 4.79 Å². The standard InChI is InChI=1S/C19H15ClN2O3S/c1-11-9-13(20)7-8-16(11)22-17(23)15(21-19(22)26)10-12-5-3-4-6-14(12)18(24)25-2/h3-10H,1-2H3,(H,21,26)/b15-10-. The van der Waals surface area contributed by atoms with Crippen molar-refractivity contribution in [2.75, 3.05) is 12.0 Å². The first-order chi connectivity index (χ1) is 12.4. The molecule has 1 fully saturated rings. The Morgan fingerprint density at radius 3 is 2.69 bits per heavy atom. The van der Waals surface area contributed by atoms with E-state index in [2.05, 4.69) is 5.32 Å². The molecule has 132 valence electrons. The van der Waals surface area contributed by atoms with Crippen molar-refractivity contribution < 1.29 is 14.3 Å². The molecule has 0 saturated carbocycles. The van der Waals surface area contributed by atoms with Crippen molar-refractivity contribution >= 4 is 52.6 Å². The number of ether oxygens (including phenoxy) is 1. The number of carbonyl (C=O) groups excluding carboxylic acids is 2. The highest BCUT2D eigenvalue weighted by molar-refractivity contribution is 7.80. The number of carbonyl (C=O) groups is 2. The highest BCUT2D eigenvalue weighted by Gasteiger charge is 2.33. The lowest BCUT2D eigenvalue weighted by Crippen LogP contribution is -2.30. The molecule has 1 amide bonds. The number of amides is 1. The van der Waals surface area contributed by atoms with Crippen molar-refractivity contribution in [3.63, 3.8) is 0 Å². The number of hydrogen-bond donors (Lipinski definition) is 1. The van der Waals surface area contributed by atoms with Gasteiger partial charge in [0.15, 0.2) is 5.11 Å². The van der Waals surface area contributed by atoms with Crippen LogP contribution in [0.25, 0.3) is 6.08 Å². The smallest absolute Gasteiger partial charge is 0.338 e. The minimum absolute atomic E-state index is 0.266. The second-order valence-electron chi connectivity index (χ2n) is 5.64. The molecule has 2 aromatic rings. The number of nitrogens with zero attached hydrogens (tertiary/aromatic N) is 1. The number of halogens is 1. The molecule has 1 heterocycles. The Morgan fingerprint density at radius 2 is 2.00 bits per heavy atom. The van der Waals surface area contributed by atoms with Gasteiger partial charge >= 0.3 is 5.97 Å². The van der Waals surface area contributed by atoms with E-state index in [4.69, 9.17) is 28.6 Å². The summed E-state index contributed by atoms with van der Waals surface area (Å²) in [5.41, 5.74) is 2.69. The first-order valence-corrected chi connectivity index (χ1v) is 8.51. The Kier molecular flexibility index (Phi) is 5.06. The molecule has 0 aromatic heterocycles. The van der Waals surface area contributed by atoms with E-state index >= 15 is 0 Å². The van der Waals surface area contributed by atoms with Crippen LogP contribution in [0, 0.1) is 6.92 Å². The summed E-state index contributed by atoms with van der Waals surface area (Å²) < 4.78 is 4.78. The van der Waals surface area contributed by atoms with Crippen LogP contribution in [0.5, 0.6) is 0 Å². The molecule has 0 bridgehead atoms. The summed E-state index contributed by atoms with van der Waals surface area (Å²) in [6.45, 7) is 1.85. The van der Waals surface area contributed by atoms with Crippen molar-refractivity contribution in [2.24, 2.45) is 0 Å². The van der Waals surface area contributed by atoms with Gasteiger partial charge in [0.1, 0.15) is 5.70 Å². The zero-order chi connectivity index (χ0) is 18.8. The van der Waals surface area contributed by atoms with Gasteiger partial charge in [-0.05, 0) is 60.6 Å². The Hall–Kier alpha value is -2.70. The molecule has 2 aromatic carbocycles. The maximum absolute atomic E-state index is 12.9. The van der Waals surface area contributed by atoms with Gasteiger partial charge in [-0.2, -0.15) is 0 Å². The maximum atomic E-state index is 12.9.